The predicted molar refractivity (Wildman–Crippen MR) is 61.0 cm³/mol. The molecule has 0 radical (unpaired) electrons. The number of aliphatic hydroxyl groups excluding tert-OH is 1. The number of likely N-dealkylation sites (N-methyl/N-ethyl adjacent to an activating group) is 1. The fourth-order valence-electron chi connectivity index (χ4n) is 2.96. The van der Waals surface area contributed by atoms with E-state index in [1.54, 1.807) is 0 Å². The van der Waals surface area contributed by atoms with Gasteiger partial charge in [0.15, 0.2) is 0 Å². The van der Waals surface area contributed by atoms with E-state index in [-0.39, 0.29) is 5.54 Å². The summed E-state index contributed by atoms with van der Waals surface area (Å²) in [6, 6.07) is 0. The molecule has 4 heteroatoms. The second-order valence-electron chi connectivity index (χ2n) is 4.96. The number of hydrogen-bond donors (Lipinski definition) is 2. The minimum absolute atomic E-state index is 0.0368. The quantitative estimate of drug-likeness (QED) is 0.639. The van der Waals surface area contributed by atoms with E-state index in [4.69, 9.17) is 0 Å². The molecule has 2 N–H and O–H groups in total. The van der Waals surface area contributed by atoms with Crippen molar-refractivity contribution in [2.75, 3.05) is 52.9 Å². The normalized spacial score (nSPS) is 35.6. The first-order valence-corrected chi connectivity index (χ1v) is 6.02. The molecule has 0 spiro atoms. The van der Waals surface area contributed by atoms with E-state index in [0.29, 0.717) is 6.61 Å². The lowest BCUT2D eigenvalue weighted by Crippen LogP contribution is -2.64. The molecule has 2 rings (SSSR count). The first-order valence-electron chi connectivity index (χ1n) is 6.02. The Bertz CT molecular complexity index is 206. The van der Waals surface area contributed by atoms with Crippen LogP contribution in [-0.2, 0) is 0 Å². The average molecular weight is 213 g/mol. The second kappa shape index (κ2) is 4.78. The Kier molecular flexibility index (Phi) is 3.61. The summed E-state index contributed by atoms with van der Waals surface area (Å²) in [6.07, 6.45) is 2.36. The summed E-state index contributed by atoms with van der Waals surface area (Å²) in [5, 5.41) is 13.1. The Morgan fingerprint density at radius 1 is 1.27 bits per heavy atom. The van der Waals surface area contributed by atoms with Crippen molar-refractivity contribution < 1.29 is 5.11 Å². The number of aliphatic hydroxyl groups is 1. The third-order valence-electron chi connectivity index (χ3n) is 3.83. The van der Waals surface area contributed by atoms with Crippen LogP contribution in [0.3, 0.4) is 0 Å². The van der Waals surface area contributed by atoms with Crippen LogP contribution < -0.4 is 5.32 Å². The summed E-state index contributed by atoms with van der Waals surface area (Å²) in [4.78, 5) is 4.83. The summed E-state index contributed by atoms with van der Waals surface area (Å²) in [5.74, 6) is 0. The van der Waals surface area contributed by atoms with E-state index in [9.17, 15) is 5.11 Å². The molecular formula is C11H23N3O. The van der Waals surface area contributed by atoms with Crippen molar-refractivity contribution in [1.29, 1.82) is 0 Å². The van der Waals surface area contributed by atoms with Crippen molar-refractivity contribution in [2.45, 2.75) is 18.4 Å². The van der Waals surface area contributed by atoms with Crippen LogP contribution in [0.2, 0.25) is 0 Å². The van der Waals surface area contributed by atoms with Gasteiger partial charge in [-0.05, 0) is 26.4 Å². The average Bonchev–Trinajstić information content (AvgIpc) is 2.30. The van der Waals surface area contributed by atoms with Crippen molar-refractivity contribution >= 4 is 0 Å². The topological polar surface area (TPSA) is 38.7 Å². The molecule has 88 valence electrons. The lowest BCUT2D eigenvalue weighted by Gasteiger charge is -2.49. The van der Waals surface area contributed by atoms with Gasteiger partial charge in [0, 0.05) is 32.7 Å². The number of piperidine rings is 1. The number of piperazine rings is 1. The van der Waals surface area contributed by atoms with Crippen LogP contribution in [0.4, 0.5) is 0 Å². The van der Waals surface area contributed by atoms with Gasteiger partial charge in [0.05, 0.1) is 12.1 Å². The monoisotopic (exact) mass is 213 g/mol. The van der Waals surface area contributed by atoms with Gasteiger partial charge in [-0.1, -0.05) is 0 Å². The fourth-order valence-corrected chi connectivity index (χ4v) is 2.96. The first kappa shape index (κ1) is 11.3. The zero-order valence-corrected chi connectivity index (χ0v) is 9.71. The number of nitrogens with one attached hydrogen (secondary N) is 1. The van der Waals surface area contributed by atoms with Gasteiger partial charge in [0.1, 0.15) is 0 Å². The largest absolute Gasteiger partial charge is 0.394 e. The molecule has 1 unspecified atom stereocenters. The molecule has 0 aliphatic carbocycles. The van der Waals surface area contributed by atoms with Gasteiger partial charge in [0.25, 0.3) is 0 Å². The third kappa shape index (κ3) is 2.33. The molecule has 0 saturated carbocycles. The fraction of sp³-hybridized carbons (Fsp3) is 1.00. The highest BCUT2D eigenvalue weighted by Gasteiger charge is 2.39. The van der Waals surface area contributed by atoms with Crippen molar-refractivity contribution in [3.8, 4) is 0 Å². The maximum Gasteiger partial charge on any atom is 0.0628 e. The van der Waals surface area contributed by atoms with Gasteiger partial charge in [-0.25, -0.2) is 0 Å². The molecule has 2 aliphatic rings. The van der Waals surface area contributed by atoms with E-state index < -0.39 is 0 Å². The highest BCUT2D eigenvalue weighted by atomic mass is 16.3. The molecule has 2 aliphatic heterocycles. The number of nitrogens with zero attached hydrogens (tertiary/aromatic N) is 2. The van der Waals surface area contributed by atoms with Crippen molar-refractivity contribution in [1.82, 2.24) is 15.1 Å². The smallest absolute Gasteiger partial charge is 0.0628 e. The standard InChI is InChI=1S/C11H23N3O/c1-13-6-2-3-11(9-13,10-15)14-7-4-12-5-8-14/h12,15H,2-10H2,1H3. The van der Waals surface area contributed by atoms with Crippen LogP contribution in [-0.4, -0.2) is 73.4 Å². The van der Waals surface area contributed by atoms with Gasteiger partial charge >= 0.3 is 0 Å². The van der Waals surface area contributed by atoms with E-state index in [2.05, 4.69) is 22.2 Å². The van der Waals surface area contributed by atoms with Gasteiger partial charge in [-0.3, -0.25) is 4.90 Å². The summed E-state index contributed by atoms with van der Waals surface area (Å²) >= 11 is 0. The molecule has 0 aromatic rings. The maximum absolute atomic E-state index is 9.72. The molecule has 2 fully saturated rings. The highest BCUT2D eigenvalue weighted by Crippen LogP contribution is 2.26. The molecule has 2 heterocycles. The van der Waals surface area contributed by atoms with Crippen LogP contribution in [0, 0.1) is 0 Å². The number of likely N-dealkylation sites (tertiary alicyclic amines) is 1. The SMILES string of the molecule is CN1CCCC(CO)(N2CCNCC2)C1. The molecule has 0 aromatic heterocycles. The summed E-state index contributed by atoms with van der Waals surface area (Å²) < 4.78 is 0. The minimum atomic E-state index is 0.0368. The molecule has 0 bridgehead atoms. The maximum atomic E-state index is 9.72. The van der Waals surface area contributed by atoms with Gasteiger partial charge in [-0.2, -0.15) is 0 Å². The van der Waals surface area contributed by atoms with E-state index in [1.165, 1.54) is 13.0 Å². The van der Waals surface area contributed by atoms with Crippen LogP contribution in [0.25, 0.3) is 0 Å². The van der Waals surface area contributed by atoms with Crippen LogP contribution >= 0.6 is 0 Å². The lowest BCUT2D eigenvalue weighted by atomic mass is 9.87. The van der Waals surface area contributed by atoms with E-state index in [0.717, 1.165) is 39.1 Å². The Balaban J connectivity index is 2.04. The van der Waals surface area contributed by atoms with Gasteiger partial charge < -0.3 is 15.3 Å². The molecule has 4 nitrogen and oxygen atoms in total. The highest BCUT2D eigenvalue weighted by molar-refractivity contribution is 4.97. The van der Waals surface area contributed by atoms with E-state index in [1.807, 2.05) is 0 Å². The Morgan fingerprint density at radius 3 is 2.60 bits per heavy atom. The molecular weight excluding hydrogens is 190 g/mol. The summed E-state index contributed by atoms with van der Waals surface area (Å²) in [7, 11) is 2.16. The Labute approximate surface area is 92.2 Å². The van der Waals surface area contributed by atoms with Crippen molar-refractivity contribution in [3.63, 3.8) is 0 Å². The number of hydrogen-bond acceptors (Lipinski definition) is 4. The second-order valence-corrected chi connectivity index (χ2v) is 4.96. The molecule has 0 aromatic carbocycles. The van der Waals surface area contributed by atoms with Crippen LogP contribution in [0.5, 0.6) is 0 Å². The van der Waals surface area contributed by atoms with Gasteiger partial charge in [-0.15, -0.1) is 0 Å². The predicted octanol–water partition coefficient (Wildman–Crippen LogP) is -0.652. The first-order chi connectivity index (χ1) is 7.27. The van der Waals surface area contributed by atoms with Gasteiger partial charge in [0.2, 0.25) is 0 Å². The summed E-state index contributed by atoms with van der Waals surface area (Å²) in [6.45, 7) is 6.77. The van der Waals surface area contributed by atoms with Crippen LogP contribution in [0.15, 0.2) is 0 Å². The third-order valence-corrected chi connectivity index (χ3v) is 3.83. The molecule has 2 saturated heterocycles. The lowest BCUT2D eigenvalue weighted by molar-refractivity contribution is -0.0266. The van der Waals surface area contributed by atoms with Crippen LogP contribution in [0.1, 0.15) is 12.8 Å². The summed E-state index contributed by atoms with van der Waals surface area (Å²) in [5.41, 5.74) is 0.0368. The van der Waals surface area contributed by atoms with E-state index >= 15 is 0 Å². The molecule has 1 atom stereocenters. The minimum Gasteiger partial charge on any atom is -0.394 e. The Morgan fingerprint density at radius 2 is 2.00 bits per heavy atom. The van der Waals surface area contributed by atoms with Crippen molar-refractivity contribution in [3.05, 3.63) is 0 Å². The Hall–Kier alpha value is -0.160. The molecule has 15 heavy (non-hydrogen) atoms. The number of rotatable bonds is 2. The zero-order chi connectivity index (χ0) is 10.7. The van der Waals surface area contributed by atoms with Crippen molar-refractivity contribution in [2.24, 2.45) is 0 Å². The zero-order valence-electron chi connectivity index (χ0n) is 9.71. The molecule has 0 amide bonds.